The fourth-order valence-corrected chi connectivity index (χ4v) is 3.96. The van der Waals surface area contributed by atoms with Crippen LogP contribution in [-0.2, 0) is 22.1 Å². The molecule has 1 aromatic rings. The Balaban J connectivity index is 2.96. The Kier molecular flexibility index (Phi) is 6.49. The number of hydrogen-bond acceptors (Lipinski definition) is 4. The van der Waals surface area contributed by atoms with Crippen molar-refractivity contribution in [1.82, 2.24) is 5.32 Å². The smallest absolute Gasteiger partial charge is 0.154 e. The van der Waals surface area contributed by atoms with Crippen molar-refractivity contribution in [2.45, 2.75) is 33.1 Å². The summed E-state index contributed by atoms with van der Waals surface area (Å²) in [6, 6.07) is 5.71. The monoisotopic (exact) mass is 299 g/mol. The zero-order valence-corrected chi connectivity index (χ0v) is 13.6. The Morgan fingerprint density at radius 1 is 1.30 bits per heavy atom. The van der Waals surface area contributed by atoms with Gasteiger partial charge in [-0.25, -0.2) is 8.42 Å². The van der Waals surface area contributed by atoms with E-state index in [0.717, 1.165) is 24.2 Å². The Morgan fingerprint density at radius 3 is 2.55 bits per heavy atom. The third-order valence-corrected chi connectivity index (χ3v) is 4.81. The van der Waals surface area contributed by atoms with E-state index in [2.05, 4.69) is 5.32 Å². The van der Waals surface area contributed by atoms with Gasteiger partial charge < -0.3 is 10.1 Å². The molecule has 1 N–H and O–H groups in total. The Morgan fingerprint density at radius 2 is 2.00 bits per heavy atom. The lowest BCUT2D eigenvalue weighted by Crippen LogP contribution is -2.15. The number of sulfone groups is 1. The van der Waals surface area contributed by atoms with Crippen LogP contribution in [0, 0.1) is 5.92 Å². The van der Waals surface area contributed by atoms with Crippen molar-refractivity contribution in [2.24, 2.45) is 5.92 Å². The molecule has 0 aliphatic heterocycles. The summed E-state index contributed by atoms with van der Waals surface area (Å²) < 4.78 is 29.5. The number of hydrogen-bond donors (Lipinski definition) is 1. The zero-order valence-electron chi connectivity index (χ0n) is 12.8. The zero-order chi connectivity index (χ0) is 15.2. The van der Waals surface area contributed by atoms with E-state index in [4.69, 9.17) is 4.74 Å². The maximum absolute atomic E-state index is 12.1. The van der Waals surface area contributed by atoms with Gasteiger partial charge in [0.05, 0.1) is 18.6 Å². The molecule has 0 amide bonds. The molecule has 5 heteroatoms. The molecular formula is C15H25NO3S. The Hall–Kier alpha value is -1.07. The van der Waals surface area contributed by atoms with Crippen molar-refractivity contribution in [1.29, 1.82) is 0 Å². The minimum absolute atomic E-state index is 0.0360. The van der Waals surface area contributed by atoms with Crippen LogP contribution in [0.2, 0.25) is 0 Å². The molecule has 4 nitrogen and oxygen atoms in total. The molecule has 0 aliphatic rings. The lowest BCUT2D eigenvalue weighted by atomic mass is 10.1. The first kappa shape index (κ1) is 17.0. The summed E-state index contributed by atoms with van der Waals surface area (Å²) in [6.07, 6.45) is 0. The van der Waals surface area contributed by atoms with Gasteiger partial charge in [-0.2, -0.15) is 0 Å². The molecule has 0 aromatic heterocycles. The van der Waals surface area contributed by atoms with E-state index in [1.54, 1.807) is 7.11 Å². The molecule has 0 fully saturated rings. The molecule has 0 bridgehead atoms. The summed E-state index contributed by atoms with van der Waals surface area (Å²) in [7, 11) is -1.54. The second-order valence-corrected chi connectivity index (χ2v) is 7.48. The fraction of sp³-hybridized carbons (Fsp3) is 0.600. The van der Waals surface area contributed by atoms with Gasteiger partial charge in [-0.3, -0.25) is 0 Å². The second kappa shape index (κ2) is 7.64. The van der Waals surface area contributed by atoms with E-state index in [1.165, 1.54) is 0 Å². The lowest BCUT2D eigenvalue weighted by molar-refractivity contribution is 0.410. The van der Waals surface area contributed by atoms with Crippen LogP contribution in [0.15, 0.2) is 18.2 Å². The maximum atomic E-state index is 12.1. The highest BCUT2D eigenvalue weighted by Gasteiger charge is 2.17. The summed E-state index contributed by atoms with van der Waals surface area (Å²) in [4.78, 5) is 0. The SMILES string of the molecule is CCNCc1ccc(OC)c(CS(=O)(=O)CC(C)C)c1. The van der Waals surface area contributed by atoms with Crippen LogP contribution in [0.1, 0.15) is 31.9 Å². The predicted octanol–water partition coefficient (Wildman–Crippen LogP) is 2.38. The van der Waals surface area contributed by atoms with E-state index in [0.29, 0.717) is 5.75 Å². The summed E-state index contributed by atoms with van der Waals surface area (Å²) in [5, 5.41) is 3.23. The normalized spacial score (nSPS) is 11.8. The molecule has 1 rings (SSSR count). The first-order valence-corrected chi connectivity index (χ1v) is 8.77. The average Bonchev–Trinajstić information content (AvgIpc) is 2.34. The molecular weight excluding hydrogens is 274 g/mol. The van der Waals surface area contributed by atoms with Crippen LogP contribution in [0.5, 0.6) is 5.75 Å². The number of benzene rings is 1. The molecule has 0 spiro atoms. The molecule has 0 heterocycles. The van der Waals surface area contributed by atoms with Crippen LogP contribution in [0.4, 0.5) is 0 Å². The highest BCUT2D eigenvalue weighted by Crippen LogP contribution is 2.23. The first-order chi connectivity index (χ1) is 9.38. The summed E-state index contributed by atoms with van der Waals surface area (Å²) >= 11 is 0. The third-order valence-electron chi connectivity index (χ3n) is 2.89. The van der Waals surface area contributed by atoms with E-state index in [-0.39, 0.29) is 17.4 Å². The van der Waals surface area contributed by atoms with Crippen LogP contribution in [0.25, 0.3) is 0 Å². The van der Waals surface area contributed by atoms with Crippen molar-refractivity contribution in [3.05, 3.63) is 29.3 Å². The molecule has 0 saturated heterocycles. The molecule has 1 aromatic carbocycles. The Labute approximate surface area is 122 Å². The quantitative estimate of drug-likeness (QED) is 0.801. The van der Waals surface area contributed by atoms with E-state index in [9.17, 15) is 8.42 Å². The average molecular weight is 299 g/mol. The molecule has 0 atom stereocenters. The van der Waals surface area contributed by atoms with Crippen LogP contribution in [0.3, 0.4) is 0 Å². The molecule has 20 heavy (non-hydrogen) atoms. The van der Waals surface area contributed by atoms with Gasteiger partial charge in [0.1, 0.15) is 5.75 Å². The van der Waals surface area contributed by atoms with Crippen LogP contribution in [-0.4, -0.2) is 27.8 Å². The highest BCUT2D eigenvalue weighted by molar-refractivity contribution is 7.90. The highest BCUT2D eigenvalue weighted by atomic mass is 32.2. The van der Waals surface area contributed by atoms with Crippen LogP contribution >= 0.6 is 0 Å². The topological polar surface area (TPSA) is 55.4 Å². The number of rotatable bonds is 8. The molecule has 0 aliphatic carbocycles. The largest absolute Gasteiger partial charge is 0.496 e. The number of nitrogens with one attached hydrogen (secondary N) is 1. The number of ether oxygens (including phenoxy) is 1. The molecule has 0 saturated carbocycles. The minimum atomic E-state index is -3.10. The van der Waals surface area contributed by atoms with E-state index < -0.39 is 9.84 Å². The van der Waals surface area contributed by atoms with E-state index >= 15 is 0 Å². The van der Waals surface area contributed by atoms with Gasteiger partial charge >= 0.3 is 0 Å². The predicted molar refractivity (Wildman–Crippen MR) is 82.7 cm³/mol. The van der Waals surface area contributed by atoms with Crippen molar-refractivity contribution >= 4 is 9.84 Å². The molecule has 114 valence electrons. The summed E-state index contributed by atoms with van der Waals surface area (Å²) in [5.41, 5.74) is 1.81. The third kappa shape index (κ3) is 5.51. The van der Waals surface area contributed by atoms with Gasteiger partial charge in [0.25, 0.3) is 0 Å². The van der Waals surface area contributed by atoms with Crippen molar-refractivity contribution in [3.8, 4) is 5.75 Å². The Bertz CT molecular complexity index is 524. The molecule has 0 radical (unpaired) electrons. The standard InChI is InChI=1S/C15H25NO3S/c1-5-16-9-13-6-7-15(19-4)14(8-13)11-20(17,18)10-12(2)3/h6-8,12,16H,5,9-11H2,1-4H3. The minimum Gasteiger partial charge on any atom is -0.496 e. The lowest BCUT2D eigenvalue weighted by Gasteiger charge is -2.12. The van der Waals surface area contributed by atoms with Gasteiger partial charge in [-0.05, 0) is 30.2 Å². The van der Waals surface area contributed by atoms with Crippen molar-refractivity contribution in [2.75, 3.05) is 19.4 Å². The molecule has 0 unspecified atom stereocenters. The second-order valence-electron chi connectivity index (χ2n) is 5.37. The van der Waals surface area contributed by atoms with Crippen molar-refractivity contribution in [3.63, 3.8) is 0 Å². The van der Waals surface area contributed by atoms with E-state index in [1.807, 2.05) is 39.0 Å². The van der Waals surface area contributed by atoms with Crippen LogP contribution < -0.4 is 10.1 Å². The van der Waals surface area contributed by atoms with Gasteiger partial charge in [0, 0.05) is 12.1 Å². The summed E-state index contributed by atoms with van der Waals surface area (Å²) in [5.74, 6) is 1.01. The summed E-state index contributed by atoms with van der Waals surface area (Å²) in [6.45, 7) is 7.48. The fourth-order valence-electron chi connectivity index (χ4n) is 2.13. The first-order valence-electron chi connectivity index (χ1n) is 6.95. The van der Waals surface area contributed by atoms with Gasteiger partial charge in [-0.15, -0.1) is 0 Å². The van der Waals surface area contributed by atoms with Gasteiger partial charge in [0.15, 0.2) is 9.84 Å². The number of methoxy groups -OCH3 is 1. The van der Waals surface area contributed by atoms with Crippen molar-refractivity contribution < 1.29 is 13.2 Å². The maximum Gasteiger partial charge on any atom is 0.154 e. The van der Waals surface area contributed by atoms with Gasteiger partial charge in [-0.1, -0.05) is 26.8 Å². The van der Waals surface area contributed by atoms with Gasteiger partial charge in [0.2, 0.25) is 0 Å².